The minimum Gasteiger partial charge on any atom is -0.324 e. The molecule has 1 rings (SSSR count). The molecule has 0 aliphatic rings. The summed E-state index contributed by atoms with van der Waals surface area (Å²) in [6.07, 6.45) is -0.260. The summed E-state index contributed by atoms with van der Waals surface area (Å²) in [6, 6.07) is 7.40. The number of nitrogens with one attached hydrogen (secondary N) is 1. The second kappa shape index (κ2) is 5.67. The Balaban J connectivity index is 2.72. The lowest BCUT2D eigenvalue weighted by atomic mass is 10.3. The van der Waals surface area contributed by atoms with E-state index in [1.54, 1.807) is 25.1 Å². The van der Waals surface area contributed by atoms with Gasteiger partial charge in [-0.05, 0) is 25.5 Å². The molecule has 17 heavy (non-hydrogen) atoms. The average Bonchev–Trinajstić information content (AvgIpc) is 2.29. The number of carbonyl (C=O) groups excluding carboxylic acids is 1. The van der Waals surface area contributed by atoms with E-state index in [4.69, 9.17) is 0 Å². The van der Waals surface area contributed by atoms with Gasteiger partial charge in [0.15, 0.2) is 0 Å². The molecule has 94 valence electrons. The number of hydrogen-bond donors (Lipinski definition) is 1. The van der Waals surface area contributed by atoms with Crippen LogP contribution in [0.2, 0.25) is 0 Å². The van der Waals surface area contributed by atoms with Gasteiger partial charge in [-0.2, -0.15) is 8.42 Å². The standard InChI is InChI=1S/C11H15NO4S/c1-3-9(2)12-11(13)16-17(14,15)10-7-5-4-6-8-10/h4-9H,3H2,1-2H3,(H,12,13). The molecule has 0 heterocycles. The SMILES string of the molecule is CCC(C)NC(=O)OS(=O)(=O)c1ccccc1. The highest BCUT2D eigenvalue weighted by Crippen LogP contribution is 2.11. The molecule has 0 bridgehead atoms. The predicted molar refractivity (Wildman–Crippen MR) is 63.0 cm³/mol. The van der Waals surface area contributed by atoms with Crippen molar-refractivity contribution in [3.8, 4) is 0 Å². The van der Waals surface area contributed by atoms with Crippen molar-refractivity contribution < 1.29 is 17.4 Å². The highest BCUT2D eigenvalue weighted by atomic mass is 32.2. The molecule has 0 aromatic heterocycles. The fourth-order valence-electron chi connectivity index (χ4n) is 1.06. The zero-order valence-electron chi connectivity index (χ0n) is 9.71. The molecule has 1 aromatic carbocycles. The molecule has 0 spiro atoms. The van der Waals surface area contributed by atoms with Gasteiger partial charge in [0, 0.05) is 6.04 Å². The average molecular weight is 257 g/mol. The molecule has 5 nitrogen and oxygen atoms in total. The molecular weight excluding hydrogens is 242 g/mol. The van der Waals surface area contributed by atoms with E-state index in [0.717, 1.165) is 0 Å². The molecule has 0 saturated heterocycles. The van der Waals surface area contributed by atoms with Crippen LogP contribution in [0.1, 0.15) is 20.3 Å². The molecular formula is C11H15NO4S. The van der Waals surface area contributed by atoms with Crippen molar-refractivity contribution in [1.29, 1.82) is 0 Å². The lowest BCUT2D eigenvalue weighted by Gasteiger charge is -2.11. The van der Waals surface area contributed by atoms with E-state index in [2.05, 4.69) is 9.50 Å². The lowest BCUT2D eigenvalue weighted by molar-refractivity contribution is 0.198. The van der Waals surface area contributed by atoms with Gasteiger partial charge in [-0.1, -0.05) is 25.1 Å². The van der Waals surface area contributed by atoms with Crippen LogP contribution >= 0.6 is 0 Å². The molecule has 1 unspecified atom stereocenters. The smallest absolute Gasteiger partial charge is 0.324 e. The van der Waals surface area contributed by atoms with Gasteiger partial charge in [-0.3, -0.25) is 0 Å². The molecule has 1 N–H and O–H groups in total. The van der Waals surface area contributed by atoms with Crippen molar-refractivity contribution in [1.82, 2.24) is 5.32 Å². The summed E-state index contributed by atoms with van der Waals surface area (Å²) in [5, 5.41) is 2.42. The Labute approximate surface area is 101 Å². The maximum absolute atomic E-state index is 11.6. The summed E-state index contributed by atoms with van der Waals surface area (Å²) >= 11 is 0. The molecule has 6 heteroatoms. The van der Waals surface area contributed by atoms with E-state index in [1.165, 1.54) is 12.1 Å². The van der Waals surface area contributed by atoms with E-state index in [-0.39, 0.29) is 10.9 Å². The first-order chi connectivity index (χ1) is 7.95. The van der Waals surface area contributed by atoms with Crippen LogP contribution in [0.3, 0.4) is 0 Å². The fraction of sp³-hybridized carbons (Fsp3) is 0.364. The minimum absolute atomic E-state index is 0.0423. The van der Waals surface area contributed by atoms with E-state index in [1.807, 2.05) is 6.92 Å². The first-order valence-corrected chi connectivity index (χ1v) is 6.66. The third kappa shape index (κ3) is 4.07. The number of carbonyl (C=O) groups is 1. The Kier molecular flexibility index (Phi) is 4.51. The predicted octanol–water partition coefficient (Wildman–Crippen LogP) is 1.90. The van der Waals surface area contributed by atoms with Crippen molar-refractivity contribution in [3.05, 3.63) is 30.3 Å². The molecule has 0 aliphatic heterocycles. The Morgan fingerprint density at radius 1 is 1.35 bits per heavy atom. The van der Waals surface area contributed by atoms with Crippen LogP contribution in [0.4, 0.5) is 4.79 Å². The second-order valence-corrected chi connectivity index (χ2v) is 5.14. The molecule has 0 radical (unpaired) electrons. The van der Waals surface area contributed by atoms with Crippen LogP contribution in [0.15, 0.2) is 35.2 Å². The largest absolute Gasteiger partial charge is 0.423 e. The highest BCUT2D eigenvalue weighted by Gasteiger charge is 2.20. The molecule has 0 saturated carbocycles. The van der Waals surface area contributed by atoms with Crippen molar-refractivity contribution in [2.75, 3.05) is 0 Å². The first-order valence-electron chi connectivity index (χ1n) is 5.25. The Morgan fingerprint density at radius 2 is 1.94 bits per heavy atom. The summed E-state index contributed by atoms with van der Waals surface area (Å²) in [6.45, 7) is 3.63. The zero-order chi connectivity index (χ0) is 12.9. The maximum Gasteiger partial charge on any atom is 0.423 e. The quantitative estimate of drug-likeness (QED) is 0.836. The topological polar surface area (TPSA) is 72.5 Å². The van der Waals surface area contributed by atoms with E-state index in [0.29, 0.717) is 6.42 Å². The molecule has 1 aromatic rings. The number of hydrogen-bond acceptors (Lipinski definition) is 4. The minimum atomic E-state index is -4.03. The van der Waals surface area contributed by atoms with Crippen LogP contribution in [-0.4, -0.2) is 20.6 Å². The summed E-state index contributed by atoms with van der Waals surface area (Å²) in [7, 11) is -4.03. The van der Waals surface area contributed by atoms with Gasteiger partial charge < -0.3 is 9.50 Å². The number of benzene rings is 1. The summed E-state index contributed by atoms with van der Waals surface area (Å²) in [5.41, 5.74) is 0. The van der Waals surface area contributed by atoms with E-state index in [9.17, 15) is 13.2 Å². The summed E-state index contributed by atoms with van der Waals surface area (Å²) in [5.74, 6) is 0. The van der Waals surface area contributed by atoms with Gasteiger partial charge in [0.2, 0.25) is 0 Å². The molecule has 0 aliphatic carbocycles. The first kappa shape index (κ1) is 13.5. The maximum atomic E-state index is 11.6. The molecule has 1 atom stereocenters. The second-order valence-electron chi connectivity index (χ2n) is 3.59. The molecule has 1 amide bonds. The monoisotopic (exact) mass is 257 g/mol. The third-order valence-corrected chi connectivity index (χ3v) is 3.41. The Morgan fingerprint density at radius 3 is 2.47 bits per heavy atom. The van der Waals surface area contributed by atoms with Gasteiger partial charge in [-0.25, -0.2) is 4.79 Å². The fourth-order valence-corrected chi connectivity index (χ4v) is 1.90. The van der Waals surface area contributed by atoms with Gasteiger partial charge in [0.25, 0.3) is 0 Å². The van der Waals surface area contributed by atoms with Crippen LogP contribution in [0.25, 0.3) is 0 Å². The lowest BCUT2D eigenvalue weighted by Crippen LogP contribution is -2.33. The number of rotatable bonds is 4. The van der Waals surface area contributed by atoms with Crippen molar-refractivity contribution in [2.45, 2.75) is 31.2 Å². The Hall–Kier alpha value is -1.56. The van der Waals surface area contributed by atoms with E-state index >= 15 is 0 Å². The third-order valence-electron chi connectivity index (χ3n) is 2.19. The summed E-state index contributed by atoms with van der Waals surface area (Å²) < 4.78 is 27.7. The van der Waals surface area contributed by atoms with Crippen LogP contribution in [-0.2, 0) is 14.3 Å². The van der Waals surface area contributed by atoms with E-state index < -0.39 is 16.2 Å². The van der Waals surface area contributed by atoms with Crippen molar-refractivity contribution in [2.24, 2.45) is 0 Å². The van der Waals surface area contributed by atoms with Gasteiger partial charge in [0.05, 0.1) is 0 Å². The van der Waals surface area contributed by atoms with Crippen molar-refractivity contribution in [3.63, 3.8) is 0 Å². The Bertz CT molecular complexity index is 470. The normalized spacial score (nSPS) is 12.8. The van der Waals surface area contributed by atoms with Crippen LogP contribution in [0, 0.1) is 0 Å². The van der Waals surface area contributed by atoms with Gasteiger partial charge in [-0.15, -0.1) is 0 Å². The summed E-state index contributed by atoms with van der Waals surface area (Å²) in [4.78, 5) is 11.2. The highest BCUT2D eigenvalue weighted by molar-refractivity contribution is 7.87. The number of amides is 1. The molecule has 0 fully saturated rings. The van der Waals surface area contributed by atoms with Gasteiger partial charge in [0.1, 0.15) is 4.90 Å². The van der Waals surface area contributed by atoms with Crippen LogP contribution < -0.4 is 5.32 Å². The van der Waals surface area contributed by atoms with Gasteiger partial charge >= 0.3 is 16.2 Å². The van der Waals surface area contributed by atoms with Crippen molar-refractivity contribution >= 4 is 16.2 Å². The zero-order valence-corrected chi connectivity index (χ0v) is 10.5. The van der Waals surface area contributed by atoms with Crippen LogP contribution in [0.5, 0.6) is 0 Å².